The monoisotopic (exact) mass is 282 g/mol. The Kier molecular flexibility index (Phi) is 5.19. The van der Waals surface area contributed by atoms with Crippen molar-refractivity contribution < 1.29 is 5.32 Å². The van der Waals surface area contributed by atoms with E-state index in [2.05, 4.69) is 93.7 Å². The Labute approximate surface area is 129 Å². The zero-order valence-electron chi connectivity index (χ0n) is 13.7. The van der Waals surface area contributed by atoms with E-state index in [9.17, 15) is 0 Å². The Morgan fingerprint density at radius 2 is 1.24 bits per heavy atom. The first-order valence-electron chi connectivity index (χ1n) is 7.91. The largest absolute Gasteiger partial charge is 0.340 e. The van der Waals surface area contributed by atoms with Crippen LogP contribution in [0.1, 0.15) is 51.2 Å². The third-order valence-electron chi connectivity index (χ3n) is 3.80. The van der Waals surface area contributed by atoms with E-state index in [0.717, 1.165) is 6.42 Å². The topological polar surface area (TPSA) is 16.6 Å². The van der Waals surface area contributed by atoms with Crippen LogP contribution in [0.2, 0.25) is 0 Å². The average Bonchev–Trinajstić information content (AvgIpc) is 2.45. The van der Waals surface area contributed by atoms with Crippen LogP contribution in [0, 0.1) is 0 Å². The zero-order valence-corrected chi connectivity index (χ0v) is 13.7. The maximum Gasteiger partial charge on any atom is 0.0878 e. The molecule has 1 heteroatoms. The van der Waals surface area contributed by atoms with Crippen molar-refractivity contribution in [2.45, 2.75) is 51.6 Å². The lowest BCUT2D eigenvalue weighted by atomic mass is 9.86. The number of hydrogen-bond acceptors (Lipinski definition) is 0. The highest BCUT2D eigenvalue weighted by molar-refractivity contribution is 5.32. The van der Waals surface area contributed by atoms with E-state index in [1.807, 2.05) is 0 Å². The average molecular weight is 282 g/mol. The molecule has 0 saturated heterocycles. The highest BCUT2D eigenvalue weighted by Crippen LogP contribution is 2.28. The Bertz CT molecular complexity index is 485. The van der Waals surface area contributed by atoms with Gasteiger partial charge in [0.15, 0.2) is 0 Å². The summed E-state index contributed by atoms with van der Waals surface area (Å²) in [6.07, 6.45) is 1.16. The summed E-state index contributed by atoms with van der Waals surface area (Å²) in [5.41, 5.74) is 3.10. The lowest BCUT2D eigenvalue weighted by Gasteiger charge is -2.26. The Hall–Kier alpha value is -1.60. The molecule has 0 fully saturated rings. The Morgan fingerprint density at radius 3 is 1.62 bits per heavy atom. The molecule has 0 aliphatic carbocycles. The summed E-state index contributed by atoms with van der Waals surface area (Å²) in [6, 6.07) is 22.4. The van der Waals surface area contributed by atoms with Gasteiger partial charge < -0.3 is 5.32 Å². The molecule has 1 atom stereocenters. The van der Waals surface area contributed by atoms with E-state index < -0.39 is 0 Å². The molecule has 0 aliphatic rings. The van der Waals surface area contributed by atoms with Gasteiger partial charge in [-0.1, -0.05) is 60.7 Å². The van der Waals surface area contributed by atoms with Gasteiger partial charge >= 0.3 is 0 Å². The van der Waals surface area contributed by atoms with Gasteiger partial charge in [-0.25, -0.2) is 0 Å². The quantitative estimate of drug-likeness (QED) is 0.855. The maximum absolute atomic E-state index is 2.48. The van der Waals surface area contributed by atoms with E-state index in [-0.39, 0.29) is 5.54 Å². The predicted molar refractivity (Wildman–Crippen MR) is 90.5 cm³/mol. The Balaban J connectivity index is 2.21. The fourth-order valence-corrected chi connectivity index (χ4v) is 3.13. The summed E-state index contributed by atoms with van der Waals surface area (Å²) in [6.45, 7) is 9.18. The lowest BCUT2D eigenvalue weighted by molar-refractivity contribution is -0.745. The fraction of sp³-hybridized carbons (Fsp3) is 0.400. The lowest BCUT2D eigenvalue weighted by Crippen LogP contribution is -2.98. The van der Waals surface area contributed by atoms with Gasteiger partial charge in [-0.05, 0) is 38.8 Å². The number of quaternary nitrogens is 1. The van der Waals surface area contributed by atoms with Gasteiger partial charge in [0.05, 0.1) is 11.6 Å². The minimum absolute atomic E-state index is 0.275. The first-order valence-corrected chi connectivity index (χ1v) is 7.91. The SMILES string of the molecule is C[C@H](CC(c1ccccc1)c1ccccc1)[NH2+]C(C)(C)C. The van der Waals surface area contributed by atoms with E-state index in [0.29, 0.717) is 12.0 Å². The van der Waals surface area contributed by atoms with Crippen molar-refractivity contribution in [3.8, 4) is 0 Å². The second-order valence-electron chi connectivity index (χ2n) is 7.12. The number of nitrogens with two attached hydrogens (primary N) is 1. The second kappa shape index (κ2) is 6.91. The van der Waals surface area contributed by atoms with E-state index >= 15 is 0 Å². The molecule has 112 valence electrons. The summed E-state index contributed by atoms with van der Waals surface area (Å²) >= 11 is 0. The summed E-state index contributed by atoms with van der Waals surface area (Å²) < 4.78 is 0. The van der Waals surface area contributed by atoms with Gasteiger partial charge in [-0.15, -0.1) is 0 Å². The molecule has 0 radical (unpaired) electrons. The molecule has 0 aliphatic heterocycles. The van der Waals surface area contributed by atoms with Crippen LogP contribution in [-0.2, 0) is 0 Å². The minimum Gasteiger partial charge on any atom is -0.340 e. The first-order chi connectivity index (χ1) is 9.96. The normalized spacial score (nSPS) is 13.4. The zero-order chi connectivity index (χ0) is 15.3. The Morgan fingerprint density at radius 1 is 0.810 bits per heavy atom. The summed E-state index contributed by atoms with van der Waals surface area (Å²) in [7, 11) is 0. The van der Waals surface area contributed by atoms with E-state index in [1.54, 1.807) is 0 Å². The maximum atomic E-state index is 2.48. The van der Waals surface area contributed by atoms with Crippen molar-refractivity contribution in [3.05, 3.63) is 71.8 Å². The molecule has 2 aromatic carbocycles. The molecule has 2 N–H and O–H groups in total. The summed E-state index contributed by atoms with van der Waals surface area (Å²) in [5, 5.41) is 2.48. The van der Waals surface area contributed by atoms with Crippen molar-refractivity contribution in [1.82, 2.24) is 0 Å². The summed E-state index contributed by atoms with van der Waals surface area (Å²) in [4.78, 5) is 0. The van der Waals surface area contributed by atoms with Crippen LogP contribution in [0.25, 0.3) is 0 Å². The number of benzene rings is 2. The van der Waals surface area contributed by atoms with Crippen LogP contribution in [0.3, 0.4) is 0 Å². The molecule has 2 rings (SSSR count). The van der Waals surface area contributed by atoms with Gasteiger partial charge in [0.2, 0.25) is 0 Å². The highest BCUT2D eigenvalue weighted by Gasteiger charge is 2.23. The number of rotatable bonds is 5. The van der Waals surface area contributed by atoms with Gasteiger partial charge in [-0.3, -0.25) is 0 Å². The molecule has 0 heterocycles. The van der Waals surface area contributed by atoms with E-state index in [1.165, 1.54) is 11.1 Å². The molecular weight excluding hydrogens is 254 g/mol. The van der Waals surface area contributed by atoms with Gasteiger partial charge in [-0.2, -0.15) is 0 Å². The van der Waals surface area contributed by atoms with Crippen LogP contribution in [0.5, 0.6) is 0 Å². The van der Waals surface area contributed by atoms with Crippen LogP contribution < -0.4 is 5.32 Å². The second-order valence-corrected chi connectivity index (χ2v) is 7.12. The summed E-state index contributed by atoms with van der Waals surface area (Å²) in [5.74, 6) is 0.473. The minimum atomic E-state index is 0.275. The fourth-order valence-electron chi connectivity index (χ4n) is 3.13. The molecule has 0 unspecified atom stereocenters. The molecule has 21 heavy (non-hydrogen) atoms. The van der Waals surface area contributed by atoms with Crippen LogP contribution in [0.4, 0.5) is 0 Å². The molecule has 1 nitrogen and oxygen atoms in total. The van der Waals surface area contributed by atoms with Crippen LogP contribution in [0.15, 0.2) is 60.7 Å². The molecule has 0 bridgehead atoms. The van der Waals surface area contributed by atoms with Gasteiger partial charge in [0.1, 0.15) is 0 Å². The molecule has 0 amide bonds. The van der Waals surface area contributed by atoms with Crippen molar-refractivity contribution in [2.24, 2.45) is 0 Å². The third kappa shape index (κ3) is 5.02. The smallest absolute Gasteiger partial charge is 0.0878 e. The van der Waals surface area contributed by atoms with Crippen molar-refractivity contribution in [1.29, 1.82) is 0 Å². The molecule has 0 spiro atoms. The molecule has 0 saturated carbocycles. The van der Waals surface area contributed by atoms with Crippen molar-refractivity contribution in [3.63, 3.8) is 0 Å². The number of hydrogen-bond donors (Lipinski definition) is 1. The predicted octanol–water partition coefficient (Wildman–Crippen LogP) is 3.96. The van der Waals surface area contributed by atoms with Crippen LogP contribution >= 0.6 is 0 Å². The van der Waals surface area contributed by atoms with Crippen LogP contribution in [-0.4, -0.2) is 11.6 Å². The van der Waals surface area contributed by atoms with Gasteiger partial charge in [0, 0.05) is 12.3 Å². The molecule has 2 aromatic rings. The third-order valence-corrected chi connectivity index (χ3v) is 3.80. The van der Waals surface area contributed by atoms with Gasteiger partial charge in [0.25, 0.3) is 0 Å². The van der Waals surface area contributed by atoms with E-state index in [4.69, 9.17) is 0 Å². The molecular formula is C20H28N+. The highest BCUT2D eigenvalue weighted by atomic mass is 15.0. The standard InChI is InChI=1S/C20H27N/c1-16(21-20(2,3)4)15-19(17-11-7-5-8-12-17)18-13-9-6-10-14-18/h5-14,16,19,21H,15H2,1-4H3/p+1/t16-/m1/s1. The van der Waals surface area contributed by atoms with Crippen molar-refractivity contribution >= 4 is 0 Å². The first kappa shape index (κ1) is 15.8. The molecule has 0 aromatic heterocycles. The van der Waals surface area contributed by atoms with Crippen molar-refractivity contribution in [2.75, 3.05) is 0 Å².